The summed E-state index contributed by atoms with van der Waals surface area (Å²) in [6.07, 6.45) is 1.15. The van der Waals surface area contributed by atoms with Gasteiger partial charge in [-0.15, -0.1) is 0 Å². The number of hydrogen-bond acceptors (Lipinski definition) is 7. The average molecular weight is 517 g/mol. The van der Waals surface area contributed by atoms with E-state index in [1.165, 1.54) is 0 Å². The molecule has 0 radical (unpaired) electrons. The minimum Gasteiger partial charge on any atom is -0.497 e. The molecule has 9 nitrogen and oxygen atoms in total. The van der Waals surface area contributed by atoms with Gasteiger partial charge in [0.15, 0.2) is 0 Å². The number of nitrogens with zero attached hydrogens (tertiary/aromatic N) is 3. The van der Waals surface area contributed by atoms with E-state index in [0.29, 0.717) is 32.5 Å². The van der Waals surface area contributed by atoms with Crippen LogP contribution in [0.1, 0.15) is 11.1 Å². The van der Waals surface area contributed by atoms with Gasteiger partial charge in [0.05, 0.1) is 36.8 Å². The number of hydrogen-bond donors (Lipinski definition) is 1. The van der Waals surface area contributed by atoms with Crippen LogP contribution in [-0.4, -0.2) is 57.3 Å². The number of methoxy groups -OCH3 is 2. The van der Waals surface area contributed by atoms with E-state index in [1.807, 2.05) is 54.6 Å². The molecule has 5 rings (SSSR count). The number of rotatable bonds is 8. The summed E-state index contributed by atoms with van der Waals surface area (Å²) in [5.74, 6) is 1.21. The van der Waals surface area contributed by atoms with Crippen molar-refractivity contribution in [3.05, 3.63) is 88.0 Å². The Morgan fingerprint density at radius 2 is 1.82 bits per heavy atom. The van der Waals surface area contributed by atoms with Crippen LogP contribution in [0.5, 0.6) is 11.5 Å². The van der Waals surface area contributed by atoms with Gasteiger partial charge in [-0.3, -0.25) is 14.9 Å². The molecule has 198 valence electrons. The number of piperazine rings is 1. The van der Waals surface area contributed by atoms with Gasteiger partial charge in [-0.1, -0.05) is 24.3 Å². The molecule has 0 bridgehead atoms. The van der Waals surface area contributed by atoms with Crippen molar-refractivity contribution < 1.29 is 19.2 Å². The predicted octanol–water partition coefficient (Wildman–Crippen LogP) is 3.84. The van der Waals surface area contributed by atoms with Crippen LogP contribution >= 0.6 is 0 Å². The Kier molecular flexibility index (Phi) is 7.35. The number of fused-ring (bicyclic) bond motifs is 3. The Morgan fingerprint density at radius 1 is 1.03 bits per heavy atom. The van der Waals surface area contributed by atoms with Crippen molar-refractivity contribution in [2.24, 2.45) is 5.92 Å². The third kappa shape index (κ3) is 5.09. The lowest BCUT2D eigenvalue weighted by Crippen LogP contribution is -2.61. The number of benzene rings is 3. The van der Waals surface area contributed by atoms with E-state index >= 15 is 0 Å². The number of nitrogens with one attached hydrogen (secondary N) is 1. The van der Waals surface area contributed by atoms with Crippen molar-refractivity contribution in [3.63, 3.8) is 0 Å². The smallest absolute Gasteiger partial charge is 0.269 e. The number of anilines is 2. The summed E-state index contributed by atoms with van der Waals surface area (Å²) in [6.45, 7) is 2.60. The highest BCUT2D eigenvalue weighted by Crippen LogP contribution is 2.39. The van der Waals surface area contributed by atoms with Gasteiger partial charge in [0.2, 0.25) is 5.91 Å². The zero-order valence-electron chi connectivity index (χ0n) is 21.6. The molecule has 1 saturated heterocycles. The zero-order chi connectivity index (χ0) is 26.6. The maximum Gasteiger partial charge on any atom is 0.269 e. The van der Waals surface area contributed by atoms with E-state index in [4.69, 9.17) is 9.47 Å². The normalized spacial score (nSPS) is 18.3. The van der Waals surface area contributed by atoms with E-state index in [0.717, 1.165) is 40.5 Å². The van der Waals surface area contributed by atoms with Gasteiger partial charge in [-0.2, -0.15) is 0 Å². The average Bonchev–Trinajstić information content (AvgIpc) is 2.96. The fourth-order valence-electron chi connectivity index (χ4n) is 5.59. The number of carbonyl (C=O) groups excluding carboxylic acids is 1. The van der Waals surface area contributed by atoms with Crippen LogP contribution in [0.3, 0.4) is 0 Å². The number of para-hydroxylation sites is 2. The highest BCUT2D eigenvalue weighted by molar-refractivity contribution is 5.82. The second-order valence-corrected chi connectivity index (χ2v) is 9.65. The van der Waals surface area contributed by atoms with E-state index in [9.17, 15) is 14.9 Å². The number of carbonyl (C=O) groups is 1. The minimum absolute atomic E-state index is 0.0347. The SMILES string of the molecule is COc1ccc(CCNC(=O)[C@@H]2Cc3cc([N+](=O)[O-])ccc3N3CCN(c4ccccc4OC)C[C@H]23)cc1. The van der Waals surface area contributed by atoms with Crippen molar-refractivity contribution in [2.75, 3.05) is 50.2 Å². The molecule has 9 heteroatoms. The maximum atomic E-state index is 13.6. The second-order valence-electron chi connectivity index (χ2n) is 9.65. The first kappa shape index (κ1) is 25.4. The van der Waals surface area contributed by atoms with Crippen molar-refractivity contribution in [1.82, 2.24) is 5.32 Å². The molecule has 2 aliphatic heterocycles. The fraction of sp³-hybridized carbons (Fsp3) is 0.345. The summed E-state index contributed by atoms with van der Waals surface area (Å²) in [6, 6.07) is 20.7. The highest BCUT2D eigenvalue weighted by atomic mass is 16.6. The molecule has 0 unspecified atom stereocenters. The first-order valence-electron chi connectivity index (χ1n) is 12.8. The van der Waals surface area contributed by atoms with Crippen molar-refractivity contribution >= 4 is 23.0 Å². The van der Waals surface area contributed by atoms with E-state index in [-0.39, 0.29) is 28.5 Å². The molecule has 2 heterocycles. The van der Waals surface area contributed by atoms with Gasteiger partial charge in [0.25, 0.3) is 5.69 Å². The van der Waals surface area contributed by atoms with Gasteiger partial charge in [0, 0.05) is 44.0 Å². The Bertz CT molecular complexity index is 1310. The Balaban J connectivity index is 1.37. The van der Waals surface area contributed by atoms with Gasteiger partial charge in [-0.05, 0) is 54.3 Å². The Labute approximate surface area is 222 Å². The molecule has 0 spiro atoms. The third-order valence-corrected chi connectivity index (χ3v) is 7.54. The van der Waals surface area contributed by atoms with Gasteiger partial charge in [0.1, 0.15) is 11.5 Å². The number of nitro groups is 1. The molecule has 2 atom stereocenters. The summed E-state index contributed by atoms with van der Waals surface area (Å²) in [5, 5.41) is 14.6. The van der Waals surface area contributed by atoms with Crippen molar-refractivity contribution in [3.8, 4) is 11.5 Å². The van der Waals surface area contributed by atoms with Crippen molar-refractivity contribution in [2.45, 2.75) is 18.9 Å². The van der Waals surface area contributed by atoms with Gasteiger partial charge in [-0.25, -0.2) is 0 Å². The molecule has 1 fully saturated rings. The van der Waals surface area contributed by atoms with E-state index < -0.39 is 0 Å². The first-order chi connectivity index (χ1) is 18.5. The quantitative estimate of drug-likeness (QED) is 0.359. The lowest BCUT2D eigenvalue weighted by atomic mass is 9.83. The first-order valence-corrected chi connectivity index (χ1v) is 12.8. The Hall–Kier alpha value is -4.27. The summed E-state index contributed by atoms with van der Waals surface area (Å²) >= 11 is 0. The zero-order valence-corrected chi connectivity index (χ0v) is 21.6. The third-order valence-electron chi connectivity index (χ3n) is 7.54. The summed E-state index contributed by atoms with van der Waals surface area (Å²) < 4.78 is 10.8. The van der Waals surface area contributed by atoms with Crippen LogP contribution in [0.15, 0.2) is 66.7 Å². The van der Waals surface area contributed by atoms with Crippen molar-refractivity contribution in [1.29, 1.82) is 0 Å². The molecule has 3 aromatic rings. The molecule has 1 N–H and O–H groups in total. The van der Waals surface area contributed by atoms with Crippen LogP contribution in [0.2, 0.25) is 0 Å². The highest BCUT2D eigenvalue weighted by Gasteiger charge is 2.42. The number of ether oxygens (including phenoxy) is 2. The van der Waals surface area contributed by atoms with Crippen LogP contribution in [0, 0.1) is 16.0 Å². The minimum atomic E-state index is -0.379. The van der Waals surface area contributed by atoms with Crippen LogP contribution in [0.4, 0.5) is 17.1 Å². The molecular weight excluding hydrogens is 484 g/mol. The maximum absolute atomic E-state index is 13.6. The summed E-state index contributed by atoms with van der Waals surface area (Å²) in [5.41, 5.74) is 3.98. The number of amides is 1. The standard InChI is InChI=1S/C29H32N4O5/c1-37-23-10-7-20(8-11-23)13-14-30-29(34)24-18-21-17-22(33(35)36)9-12-25(21)32-16-15-31(19-27(24)32)26-5-3-4-6-28(26)38-2/h3-12,17,24,27H,13-16,18-19H2,1-2H3,(H,30,34)/t24-,27-/m1/s1. The molecule has 0 saturated carbocycles. The lowest BCUT2D eigenvalue weighted by Gasteiger charge is -2.49. The largest absolute Gasteiger partial charge is 0.497 e. The lowest BCUT2D eigenvalue weighted by molar-refractivity contribution is -0.384. The van der Waals surface area contributed by atoms with E-state index in [2.05, 4.69) is 15.1 Å². The molecule has 0 aromatic heterocycles. The van der Waals surface area contributed by atoms with Gasteiger partial charge >= 0.3 is 0 Å². The molecule has 2 aliphatic rings. The summed E-state index contributed by atoms with van der Waals surface area (Å²) in [7, 11) is 3.30. The predicted molar refractivity (Wildman–Crippen MR) is 146 cm³/mol. The topological polar surface area (TPSA) is 97.2 Å². The molecule has 3 aromatic carbocycles. The molecule has 0 aliphatic carbocycles. The molecule has 38 heavy (non-hydrogen) atoms. The van der Waals surface area contributed by atoms with E-state index in [1.54, 1.807) is 26.4 Å². The fourth-order valence-corrected chi connectivity index (χ4v) is 5.59. The monoisotopic (exact) mass is 516 g/mol. The van der Waals surface area contributed by atoms with Crippen LogP contribution in [0.25, 0.3) is 0 Å². The number of non-ortho nitro benzene ring substituents is 1. The number of nitro benzene ring substituents is 1. The molecule has 1 amide bonds. The second kappa shape index (κ2) is 11.0. The molecular formula is C29H32N4O5. The van der Waals surface area contributed by atoms with Gasteiger partial charge < -0.3 is 24.6 Å². The van der Waals surface area contributed by atoms with Crippen LogP contribution < -0.4 is 24.6 Å². The van der Waals surface area contributed by atoms with Crippen LogP contribution in [-0.2, 0) is 17.6 Å². The summed E-state index contributed by atoms with van der Waals surface area (Å²) in [4.78, 5) is 29.2. The Morgan fingerprint density at radius 3 is 2.55 bits per heavy atom.